The quantitative estimate of drug-likeness (QED) is 0.670. The zero-order valence-electron chi connectivity index (χ0n) is 21.4. The average Bonchev–Trinajstić information content (AvgIpc) is 2.87. The van der Waals surface area contributed by atoms with Crippen molar-refractivity contribution in [2.24, 2.45) is 5.41 Å². The van der Waals surface area contributed by atoms with E-state index in [2.05, 4.69) is 34.1 Å². The lowest BCUT2D eigenvalue weighted by atomic mass is 9.78. The number of carbonyl (C=O) groups is 1. The molecule has 0 unspecified atom stereocenters. The van der Waals surface area contributed by atoms with Crippen molar-refractivity contribution < 1.29 is 19.4 Å². The monoisotopic (exact) mass is 491 g/mol. The van der Waals surface area contributed by atoms with Gasteiger partial charge in [-0.1, -0.05) is 30.3 Å². The van der Waals surface area contributed by atoms with Gasteiger partial charge in [0.25, 0.3) is 5.91 Å². The molecule has 2 aromatic carbocycles. The largest absolute Gasteiger partial charge is 0.485 e. The first kappa shape index (κ1) is 23.9. The molecule has 1 spiro atoms. The minimum absolute atomic E-state index is 0.0697. The molecule has 7 heteroatoms. The summed E-state index contributed by atoms with van der Waals surface area (Å²) in [5.74, 6) is 0.578. The molecule has 4 aliphatic rings. The molecule has 1 N–H and O–H groups in total. The van der Waals surface area contributed by atoms with E-state index in [1.54, 1.807) is 4.90 Å². The van der Waals surface area contributed by atoms with Crippen LogP contribution in [0.2, 0.25) is 0 Å². The van der Waals surface area contributed by atoms with E-state index in [-0.39, 0.29) is 5.91 Å². The van der Waals surface area contributed by atoms with Gasteiger partial charge >= 0.3 is 0 Å². The Labute approximate surface area is 213 Å². The summed E-state index contributed by atoms with van der Waals surface area (Å²) in [5, 5.41) is 11.0. The Balaban J connectivity index is 1.11. The maximum Gasteiger partial charge on any atom is 0.257 e. The highest BCUT2D eigenvalue weighted by atomic mass is 16.5. The van der Waals surface area contributed by atoms with E-state index >= 15 is 0 Å². The topological polar surface area (TPSA) is 65.5 Å². The van der Waals surface area contributed by atoms with Crippen LogP contribution < -0.4 is 4.74 Å². The number of likely N-dealkylation sites (tertiary alicyclic amines) is 1. The van der Waals surface area contributed by atoms with E-state index < -0.39 is 11.7 Å². The third kappa shape index (κ3) is 4.77. The highest BCUT2D eigenvalue weighted by Gasteiger charge is 2.48. The zero-order valence-corrected chi connectivity index (χ0v) is 21.4. The molecule has 36 heavy (non-hydrogen) atoms. The highest BCUT2D eigenvalue weighted by molar-refractivity contribution is 5.97. The normalized spacial score (nSPS) is 23.6. The minimum atomic E-state index is -0.620. The van der Waals surface area contributed by atoms with Crippen molar-refractivity contribution in [3.05, 3.63) is 64.7 Å². The second-order valence-corrected chi connectivity index (χ2v) is 11.9. The summed E-state index contributed by atoms with van der Waals surface area (Å²) in [6.45, 7) is 11.8. The summed E-state index contributed by atoms with van der Waals surface area (Å²) < 4.78 is 11.8. The number of aliphatic hydroxyl groups excluding tert-OH is 1. The van der Waals surface area contributed by atoms with Gasteiger partial charge in [-0.25, -0.2) is 0 Å². The lowest BCUT2D eigenvalue weighted by Gasteiger charge is -2.55. The fourth-order valence-electron chi connectivity index (χ4n) is 6.27. The van der Waals surface area contributed by atoms with Crippen LogP contribution in [0.1, 0.15) is 40.9 Å². The van der Waals surface area contributed by atoms with Crippen molar-refractivity contribution in [3.8, 4) is 5.75 Å². The van der Waals surface area contributed by atoms with Gasteiger partial charge in [-0.3, -0.25) is 14.6 Å². The lowest BCUT2D eigenvalue weighted by Crippen LogP contribution is -2.65. The molecule has 1 atom stereocenters. The van der Waals surface area contributed by atoms with E-state index in [1.807, 2.05) is 32.0 Å². The number of nitrogens with zero attached hydrogens (tertiary/aromatic N) is 3. The van der Waals surface area contributed by atoms with E-state index in [0.29, 0.717) is 36.4 Å². The van der Waals surface area contributed by atoms with Gasteiger partial charge in [0.1, 0.15) is 11.4 Å². The molecule has 0 aromatic heterocycles. The molecule has 0 saturated carbocycles. The van der Waals surface area contributed by atoms with Crippen LogP contribution in [0.15, 0.2) is 42.5 Å². The summed E-state index contributed by atoms with van der Waals surface area (Å²) in [7, 11) is 0. The highest BCUT2D eigenvalue weighted by Crippen LogP contribution is 2.39. The molecule has 1 amide bonds. The van der Waals surface area contributed by atoms with Gasteiger partial charge in [-0.15, -0.1) is 0 Å². The second-order valence-electron chi connectivity index (χ2n) is 11.9. The number of hydrogen-bond acceptors (Lipinski definition) is 6. The fraction of sp³-hybridized carbons (Fsp3) is 0.552. The summed E-state index contributed by atoms with van der Waals surface area (Å²) in [5.41, 5.74) is 4.30. The molecular weight excluding hydrogens is 454 g/mol. The number of fused-ring (bicyclic) bond motifs is 2. The first-order valence-electron chi connectivity index (χ1n) is 13.2. The first-order valence-corrected chi connectivity index (χ1v) is 13.2. The van der Waals surface area contributed by atoms with Gasteiger partial charge in [-0.2, -0.15) is 0 Å². The third-order valence-electron chi connectivity index (χ3n) is 7.97. The molecule has 2 aromatic rings. The second kappa shape index (κ2) is 9.14. The van der Waals surface area contributed by atoms with Crippen molar-refractivity contribution in [1.82, 2.24) is 14.7 Å². The summed E-state index contributed by atoms with van der Waals surface area (Å²) in [6.07, 6.45) is 0.374. The van der Waals surface area contributed by atoms with Crippen LogP contribution in [0, 0.1) is 5.41 Å². The van der Waals surface area contributed by atoms with Gasteiger partial charge < -0.3 is 19.5 Å². The smallest absolute Gasteiger partial charge is 0.257 e. The Kier molecular flexibility index (Phi) is 6.07. The van der Waals surface area contributed by atoms with E-state index in [1.165, 1.54) is 11.1 Å². The van der Waals surface area contributed by atoms with E-state index in [0.717, 1.165) is 57.9 Å². The molecule has 6 rings (SSSR count). The fourth-order valence-corrected chi connectivity index (χ4v) is 6.27. The van der Waals surface area contributed by atoms with Crippen LogP contribution in [0.25, 0.3) is 0 Å². The Morgan fingerprint density at radius 3 is 2.53 bits per heavy atom. The maximum atomic E-state index is 13.5. The predicted molar refractivity (Wildman–Crippen MR) is 137 cm³/mol. The van der Waals surface area contributed by atoms with Gasteiger partial charge in [0.2, 0.25) is 0 Å². The Morgan fingerprint density at radius 1 is 1.00 bits per heavy atom. The number of ether oxygens (including phenoxy) is 2. The molecule has 4 heterocycles. The molecule has 0 aliphatic carbocycles. The van der Waals surface area contributed by atoms with Gasteiger partial charge in [0.15, 0.2) is 0 Å². The van der Waals surface area contributed by atoms with Crippen LogP contribution in [0.4, 0.5) is 0 Å². The molecule has 2 saturated heterocycles. The summed E-state index contributed by atoms with van der Waals surface area (Å²) >= 11 is 0. The van der Waals surface area contributed by atoms with Gasteiger partial charge in [-0.05, 0) is 49.1 Å². The van der Waals surface area contributed by atoms with Crippen LogP contribution >= 0.6 is 0 Å². The maximum absolute atomic E-state index is 13.5. The molecule has 2 fully saturated rings. The van der Waals surface area contributed by atoms with E-state index in [4.69, 9.17) is 9.47 Å². The number of rotatable bonds is 6. The third-order valence-corrected chi connectivity index (χ3v) is 7.97. The van der Waals surface area contributed by atoms with Gasteiger partial charge in [0, 0.05) is 51.2 Å². The van der Waals surface area contributed by atoms with E-state index in [9.17, 15) is 9.90 Å². The predicted octanol–water partition coefficient (Wildman–Crippen LogP) is 2.55. The molecule has 7 nitrogen and oxygen atoms in total. The molecule has 4 aliphatic heterocycles. The Morgan fingerprint density at radius 2 is 1.78 bits per heavy atom. The van der Waals surface area contributed by atoms with Crippen molar-refractivity contribution in [3.63, 3.8) is 0 Å². The van der Waals surface area contributed by atoms with Crippen molar-refractivity contribution in [2.45, 2.75) is 45.1 Å². The molecule has 0 radical (unpaired) electrons. The van der Waals surface area contributed by atoms with Crippen LogP contribution in [0.5, 0.6) is 5.75 Å². The number of carbonyl (C=O) groups excluding carboxylic acids is 1. The first-order chi connectivity index (χ1) is 17.3. The van der Waals surface area contributed by atoms with Crippen molar-refractivity contribution in [2.75, 3.05) is 52.5 Å². The van der Waals surface area contributed by atoms with Crippen LogP contribution in [0.3, 0.4) is 0 Å². The number of amides is 1. The molecule has 0 bridgehead atoms. The zero-order chi connectivity index (χ0) is 24.9. The van der Waals surface area contributed by atoms with Crippen LogP contribution in [-0.4, -0.2) is 89.9 Å². The number of benzene rings is 2. The molecule has 192 valence electrons. The van der Waals surface area contributed by atoms with Gasteiger partial charge in [0.05, 0.1) is 31.4 Å². The number of aliphatic hydroxyl groups is 1. The number of β-amino-alcohol motifs (C(OH)–C–C–N with tert-alkyl or cyclic N) is 1. The van der Waals surface area contributed by atoms with Crippen molar-refractivity contribution in [1.29, 1.82) is 0 Å². The summed E-state index contributed by atoms with van der Waals surface area (Å²) in [4.78, 5) is 20.0. The number of hydrogen-bond donors (Lipinski definition) is 1. The van der Waals surface area contributed by atoms with Crippen LogP contribution in [-0.2, 0) is 24.2 Å². The SMILES string of the molecule is CC1(C)CN(C[C@H](O)CN2CCc3ccccc3C2)C(=O)c2ccc(CN3CC4(COC4)C3)cc2O1. The lowest BCUT2D eigenvalue weighted by molar-refractivity contribution is -0.191. The molecular formula is C29H37N3O4. The Hall–Kier alpha value is -2.45. The Bertz CT molecular complexity index is 1140. The standard InChI is InChI=1S/C29H37N3O4/c1-28(2)16-32(15-24(33)14-30-10-9-22-5-3-4-6-23(22)13-30)27(34)25-8-7-21(11-26(25)36-28)12-31-17-29(18-31)19-35-20-29/h3-8,11,24,33H,9-10,12-20H2,1-2H3/t24-/m1/s1. The average molecular weight is 492 g/mol. The van der Waals surface area contributed by atoms with Crippen molar-refractivity contribution >= 4 is 5.91 Å². The minimum Gasteiger partial charge on any atom is -0.485 e. The summed E-state index contributed by atoms with van der Waals surface area (Å²) in [6, 6.07) is 14.5.